The van der Waals surface area contributed by atoms with Crippen molar-refractivity contribution in [3.05, 3.63) is 50.6 Å². The third kappa shape index (κ3) is 3.39. The van der Waals surface area contributed by atoms with Crippen molar-refractivity contribution in [1.29, 1.82) is 0 Å². The molecule has 1 atom stereocenters. The van der Waals surface area contributed by atoms with Crippen LogP contribution in [0.2, 0.25) is 0 Å². The summed E-state index contributed by atoms with van der Waals surface area (Å²) in [5.74, 6) is -0.962. The van der Waals surface area contributed by atoms with E-state index >= 15 is 0 Å². The van der Waals surface area contributed by atoms with Crippen LogP contribution < -0.4 is 5.32 Å². The first kappa shape index (κ1) is 14.1. The zero-order chi connectivity index (χ0) is 13.8. The van der Waals surface area contributed by atoms with Gasteiger partial charge in [0.05, 0.1) is 11.6 Å². The Morgan fingerprint density at radius 3 is 3.00 bits per heavy atom. The van der Waals surface area contributed by atoms with Crippen LogP contribution in [0.25, 0.3) is 0 Å². The fraction of sp³-hybridized carbons (Fsp3) is 0.231. The van der Waals surface area contributed by atoms with Crippen molar-refractivity contribution in [2.45, 2.75) is 19.4 Å². The number of nitrogens with one attached hydrogen (secondary N) is 1. The number of carbonyl (C=O) groups is 1. The number of nitrogens with zero attached hydrogens (tertiary/aromatic N) is 1. The van der Waals surface area contributed by atoms with E-state index in [9.17, 15) is 9.18 Å². The van der Waals surface area contributed by atoms with E-state index in [0.29, 0.717) is 10.9 Å². The maximum Gasteiger partial charge on any atom is 0.254 e. The number of hydrogen-bond acceptors (Lipinski definition) is 3. The van der Waals surface area contributed by atoms with Crippen molar-refractivity contribution < 1.29 is 9.18 Å². The molecule has 0 fully saturated rings. The van der Waals surface area contributed by atoms with E-state index in [1.807, 2.05) is 12.3 Å². The van der Waals surface area contributed by atoms with E-state index in [2.05, 4.69) is 26.2 Å². The van der Waals surface area contributed by atoms with Crippen LogP contribution in [0.5, 0.6) is 0 Å². The largest absolute Gasteiger partial charge is 0.343 e. The predicted molar refractivity (Wildman–Crippen MR) is 76.7 cm³/mol. The minimum absolute atomic E-state index is 0.0318. The molecule has 1 unspecified atom stereocenters. The summed E-state index contributed by atoms with van der Waals surface area (Å²) in [7, 11) is 0. The lowest BCUT2D eigenvalue weighted by molar-refractivity contribution is 0.0931. The van der Waals surface area contributed by atoms with Gasteiger partial charge in [0.15, 0.2) is 0 Å². The van der Waals surface area contributed by atoms with Crippen LogP contribution >= 0.6 is 27.3 Å². The van der Waals surface area contributed by atoms with E-state index in [1.165, 1.54) is 23.5 Å². The first-order chi connectivity index (χ1) is 9.11. The topological polar surface area (TPSA) is 42.0 Å². The van der Waals surface area contributed by atoms with Crippen molar-refractivity contribution in [1.82, 2.24) is 10.3 Å². The first-order valence-corrected chi connectivity index (χ1v) is 7.44. The lowest BCUT2D eigenvalue weighted by Gasteiger charge is -2.14. The second-order valence-electron chi connectivity index (χ2n) is 3.93. The van der Waals surface area contributed by atoms with E-state index in [0.717, 1.165) is 5.01 Å². The minimum atomic E-state index is -0.533. The quantitative estimate of drug-likeness (QED) is 0.914. The molecular formula is C13H12BrFN2OS. The van der Waals surface area contributed by atoms with Crippen LogP contribution in [0.15, 0.2) is 34.2 Å². The minimum Gasteiger partial charge on any atom is -0.343 e. The van der Waals surface area contributed by atoms with Gasteiger partial charge in [-0.3, -0.25) is 4.79 Å². The van der Waals surface area contributed by atoms with Gasteiger partial charge >= 0.3 is 0 Å². The standard InChI is InChI=1S/C13H12BrFN2OS/c1-2-11(13-16-5-6-19-13)17-12(18)9-7-8(14)3-4-10(9)15/h3-7,11H,2H2,1H3,(H,17,18). The lowest BCUT2D eigenvalue weighted by atomic mass is 10.1. The molecule has 0 aliphatic heterocycles. The SMILES string of the molecule is CCC(NC(=O)c1cc(Br)ccc1F)c1nccs1. The fourth-order valence-corrected chi connectivity index (χ4v) is 2.79. The molecule has 1 aromatic carbocycles. The summed E-state index contributed by atoms with van der Waals surface area (Å²) in [6, 6.07) is 4.11. The number of carbonyl (C=O) groups excluding carboxylic acids is 1. The van der Waals surface area contributed by atoms with Gasteiger partial charge in [-0.05, 0) is 24.6 Å². The zero-order valence-corrected chi connectivity index (χ0v) is 12.6. The van der Waals surface area contributed by atoms with Gasteiger partial charge in [0.1, 0.15) is 10.8 Å². The molecule has 0 spiro atoms. The summed E-state index contributed by atoms with van der Waals surface area (Å²) in [5.41, 5.74) is 0.0318. The Balaban J connectivity index is 2.18. The van der Waals surface area contributed by atoms with Crippen LogP contribution in [-0.2, 0) is 0 Å². The van der Waals surface area contributed by atoms with Gasteiger partial charge < -0.3 is 5.32 Å². The second-order valence-corrected chi connectivity index (χ2v) is 5.77. The molecule has 2 aromatic rings. The smallest absolute Gasteiger partial charge is 0.254 e. The van der Waals surface area contributed by atoms with Gasteiger partial charge in [-0.2, -0.15) is 0 Å². The second kappa shape index (κ2) is 6.25. The van der Waals surface area contributed by atoms with Crippen LogP contribution in [0.1, 0.15) is 34.8 Å². The Hall–Kier alpha value is -1.27. The number of halogens is 2. The van der Waals surface area contributed by atoms with Gasteiger partial charge in [-0.1, -0.05) is 22.9 Å². The van der Waals surface area contributed by atoms with Gasteiger partial charge in [0, 0.05) is 16.0 Å². The van der Waals surface area contributed by atoms with Gasteiger partial charge in [-0.25, -0.2) is 9.37 Å². The molecule has 0 radical (unpaired) electrons. The van der Waals surface area contributed by atoms with Crippen molar-refractivity contribution >= 4 is 33.2 Å². The molecule has 1 heterocycles. The zero-order valence-electron chi connectivity index (χ0n) is 10.2. The van der Waals surface area contributed by atoms with E-state index < -0.39 is 11.7 Å². The Morgan fingerprint density at radius 2 is 2.37 bits per heavy atom. The monoisotopic (exact) mass is 342 g/mol. The number of benzene rings is 1. The van der Waals surface area contributed by atoms with Crippen molar-refractivity contribution in [2.75, 3.05) is 0 Å². The Morgan fingerprint density at radius 1 is 1.58 bits per heavy atom. The van der Waals surface area contributed by atoms with E-state index in [-0.39, 0.29) is 11.6 Å². The average molecular weight is 343 g/mol. The number of rotatable bonds is 4. The molecule has 100 valence electrons. The molecule has 6 heteroatoms. The highest BCUT2D eigenvalue weighted by atomic mass is 79.9. The number of aromatic nitrogens is 1. The van der Waals surface area contributed by atoms with Crippen LogP contribution in [0.4, 0.5) is 4.39 Å². The third-order valence-electron chi connectivity index (χ3n) is 2.64. The summed E-state index contributed by atoms with van der Waals surface area (Å²) in [4.78, 5) is 16.3. The molecule has 0 saturated carbocycles. The summed E-state index contributed by atoms with van der Waals surface area (Å²) in [6.07, 6.45) is 2.39. The van der Waals surface area contributed by atoms with Crippen molar-refractivity contribution in [3.63, 3.8) is 0 Å². The summed E-state index contributed by atoms with van der Waals surface area (Å²) in [6.45, 7) is 1.95. The molecule has 3 nitrogen and oxygen atoms in total. The van der Waals surface area contributed by atoms with E-state index in [1.54, 1.807) is 12.3 Å². The van der Waals surface area contributed by atoms with Crippen LogP contribution in [0.3, 0.4) is 0 Å². The lowest BCUT2D eigenvalue weighted by Crippen LogP contribution is -2.28. The average Bonchev–Trinajstić information content (AvgIpc) is 2.92. The van der Waals surface area contributed by atoms with Gasteiger partial charge in [0.2, 0.25) is 0 Å². The Kier molecular flexibility index (Phi) is 4.66. The van der Waals surface area contributed by atoms with Crippen LogP contribution in [-0.4, -0.2) is 10.9 Å². The first-order valence-electron chi connectivity index (χ1n) is 5.77. The normalized spacial score (nSPS) is 12.2. The maximum absolute atomic E-state index is 13.6. The van der Waals surface area contributed by atoms with Crippen LogP contribution in [0, 0.1) is 5.82 Å². The van der Waals surface area contributed by atoms with Gasteiger partial charge in [0.25, 0.3) is 5.91 Å². The molecular weight excluding hydrogens is 331 g/mol. The Bertz CT molecular complexity index is 574. The Labute approximate surface area is 123 Å². The molecule has 2 rings (SSSR count). The number of hydrogen-bond donors (Lipinski definition) is 1. The highest BCUT2D eigenvalue weighted by molar-refractivity contribution is 9.10. The molecule has 0 aliphatic rings. The maximum atomic E-state index is 13.6. The summed E-state index contributed by atoms with van der Waals surface area (Å²) < 4.78 is 14.3. The number of amides is 1. The molecule has 1 aromatic heterocycles. The third-order valence-corrected chi connectivity index (χ3v) is 4.02. The fourth-order valence-electron chi connectivity index (χ4n) is 1.65. The molecule has 0 bridgehead atoms. The van der Waals surface area contributed by atoms with E-state index in [4.69, 9.17) is 0 Å². The molecule has 19 heavy (non-hydrogen) atoms. The van der Waals surface area contributed by atoms with Crippen molar-refractivity contribution in [2.24, 2.45) is 0 Å². The highest BCUT2D eigenvalue weighted by Gasteiger charge is 2.18. The number of thiazole rings is 1. The predicted octanol–water partition coefficient (Wildman–Crippen LogP) is 3.93. The molecule has 1 amide bonds. The molecule has 0 aliphatic carbocycles. The molecule has 1 N–H and O–H groups in total. The summed E-state index contributed by atoms with van der Waals surface area (Å²) >= 11 is 4.70. The highest BCUT2D eigenvalue weighted by Crippen LogP contribution is 2.21. The molecule has 0 saturated heterocycles. The van der Waals surface area contributed by atoms with Crippen molar-refractivity contribution in [3.8, 4) is 0 Å². The van der Waals surface area contributed by atoms with Gasteiger partial charge in [-0.15, -0.1) is 11.3 Å². The summed E-state index contributed by atoms with van der Waals surface area (Å²) in [5, 5.41) is 5.48.